The molecule has 0 aromatic heterocycles. The van der Waals surface area contributed by atoms with Gasteiger partial charge in [-0.05, 0) is 0 Å². The first-order valence-corrected chi connectivity index (χ1v) is 2.59. The highest BCUT2D eigenvalue weighted by atomic mass is 16.5. The minimum atomic E-state index is 0.396. The molecule has 50 valence electrons. The number of isocyanates is 1. The van der Waals surface area contributed by atoms with Crippen LogP contribution in [-0.4, -0.2) is 26.3 Å². The van der Waals surface area contributed by atoms with Gasteiger partial charge in [-0.25, -0.2) is 9.79 Å². The molecule has 0 unspecified atom stereocenters. The Kier molecular flexibility index (Phi) is 6.36. The van der Waals surface area contributed by atoms with Crippen molar-refractivity contribution in [2.24, 2.45) is 4.99 Å². The molecular formula is C6H9NO2. The zero-order valence-corrected chi connectivity index (χ0v) is 5.33. The lowest BCUT2D eigenvalue weighted by molar-refractivity contribution is 0.233. The van der Waals surface area contributed by atoms with Gasteiger partial charge in [0, 0.05) is 7.11 Å². The zero-order chi connectivity index (χ0) is 6.95. The van der Waals surface area contributed by atoms with Crippen LogP contribution in [0.2, 0.25) is 0 Å². The number of rotatable bonds is 4. The number of hydrogen-bond donors (Lipinski definition) is 0. The molecule has 0 fully saturated rings. The molecule has 0 aromatic carbocycles. The van der Waals surface area contributed by atoms with Gasteiger partial charge in [-0.15, -0.1) is 0 Å². The molecule has 0 heterocycles. The average Bonchev–Trinajstić information content (AvgIpc) is 1.89. The van der Waals surface area contributed by atoms with Crippen LogP contribution in [0.15, 0.2) is 17.1 Å². The summed E-state index contributed by atoms with van der Waals surface area (Å²) >= 11 is 0. The van der Waals surface area contributed by atoms with E-state index in [1.807, 2.05) is 0 Å². The molecule has 0 rings (SSSR count). The van der Waals surface area contributed by atoms with Crippen molar-refractivity contribution in [3.8, 4) is 0 Å². The number of carbonyl (C=O) groups excluding carboxylic acids is 1. The fraction of sp³-hybridized carbons (Fsp3) is 0.500. The Balaban J connectivity index is 3.14. The van der Waals surface area contributed by atoms with Crippen LogP contribution < -0.4 is 0 Å². The molecule has 0 bridgehead atoms. The van der Waals surface area contributed by atoms with E-state index in [2.05, 4.69) is 4.99 Å². The van der Waals surface area contributed by atoms with E-state index in [-0.39, 0.29) is 0 Å². The molecule has 0 aliphatic rings. The summed E-state index contributed by atoms with van der Waals surface area (Å²) in [5.41, 5.74) is 0. The van der Waals surface area contributed by atoms with Crippen LogP contribution in [-0.2, 0) is 9.53 Å². The Morgan fingerprint density at radius 2 is 2.44 bits per heavy atom. The average molecular weight is 127 g/mol. The lowest BCUT2D eigenvalue weighted by atomic mass is 10.5. The maximum absolute atomic E-state index is 9.48. The SMILES string of the molecule is COC/C=C\CN=C=O. The van der Waals surface area contributed by atoms with Crippen molar-refractivity contribution >= 4 is 6.08 Å². The van der Waals surface area contributed by atoms with E-state index < -0.39 is 0 Å². The minimum absolute atomic E-state index is 0.396. The highest BCUT2D eigenvalue weighted by molar-refractivity contribution is 5.33. The predicted molar refractivity (Wildman–Crippen MR) is 34.0 cm³/mol. The smallest absolute Gasteiger partial charge is 0.235 e. The molecule has 0 N–H and O–H groups in total. The molecule has 0 atom stereocenters. The van der Waals surface area contributed by atoms with Crippen LogP contribution in [0, 0.1) is 0 Å². The molecule has 0 saturated heterocycles. The largest absolute Gasteiger partial charge is 0.381 e. The molecule has 3 nitrogen and oxygen atoms in total. The monoisotopic (exact) mass is 127 g/mol. The first-order chi connectivity index (χ1) is 4.41. The normalized spacial score (nSPS) is 9.44. The lowest BCUT2D eigenvalue weighted by Gasteiger charge is -1.84. The van der Waals surface area contributed by atoms with Gasteiger partial charge in [0.2, 0.25) is 6.08 Å². The topological polar surface area (TPSA) is 38.7 Å². The zero-order valence-electron chi connectivity index (χ0n) is 5.33. The van der Waals surface area contributed by atoms with Gasteiger partial charge < -0.3 is 4.74 Å². The van der Waals surface area contributed by atoms with Crippen LogP contribution in [0.3, 0.4) is 0 Å². The Bertz CT molecular complexity index is 125. The summed E-state index contributed by atoms with van der Waals surface area (Å²) in [5.74, 6) is 0. The summed E-state index contributed by atoms with van der Waals surface area (Å²) in [6, 6.07) is 0. The maximum Gasteiger partial charge on any atom is 0.235 e. The number of hydrogen-bond acceptors (Lipinski definition) is 3. The molecule has 9 heavy (non-hydrogen) atoms. The van der Waals surface area contributed by atoms with Crippen molar-refractivity contribution in [1.29, 1.82) is 0 Å². The summed E-state index contributed by atoms with van der Waals surface area (Å²) in [5, 5.41) is 0. The second-order valence-electron chi connectivity index (χ2n) is 1.36. The van der Waals surface area contributed by atoms with Crippen molar-refractivity contribution in [1.82, 2.24) is 0 Å². The first-order valence-electron chi connectivity index (χ1n) is 2.59. The Morgan fingerprint density at radius 3 is 3.00 bits per heavy atom. The van der Waals surface area contributed by atoms with Crippen molar-refractivity contribution in [2.75, 3.05) is 20.3 Å². The standard InChI is InChI=1S/C6H9NO2/c1-9-5-3-2-4-7-6-8/h2-3H,4-5H2,1H3/b3-2-. The van der Waals surface area contributed by atoms with Crippen molar-refractivity contribution in [2.45, 2.75) is 0 Å². The third kappa shape index (κ3) is 7.08. The second-order valence-corrected chi connectivity index (χ2v) is 1.36. The third-order valence-electron chi connectivity index (χ3n) is 0.691. The summed E-state index contributed by atoms with van der Waals surface area (Å²) in [7, 11) is 1.60. The highest BCUT2D eigenvalue weighted by Gasteiger charge is 1.70. The van der Waals surface area contributed by atoms with Crippen molar-refractivity contribution < 1.29 is 9.53 Å². The van der Waals surface area contributed by atoms with Gasteiger partial charge in [-0.2, -0.15) is 0 Å². The second kappa shape index (κ2) is 7.08. The van der Waals surface area contributed by atoms with Gasteiger partial charge in [0.1, 0.15) is 0 Å². The molecular weight excluding hydrogens is 118 g/mol. The molecule has 0 spiro atoms. The van der Waals surface area contributed by atoms with Gasteiger partial charge in [0.05, 0.1) is 13.2 Å². The van der Waals surface area contributed by atoms with E-state index in [1.165, 1.54) is 6.08 Å². The van der Waals surface area contributed by atoms with Gasteiger partial charge in [0.15, 0.2) is 0 Å². The number of aliphatic imine (C=N–C) groups is 1. The van der Waals surface area contributed by atoms with Crippen LogP contribution in [0.25, 0.3) is 0 Å². The predicted octanol–water partition coefficient (Wildman–Crippen LogP) is 0.525. The van der Waals surface area contributed by atoms with E-state index in [9.17, 15) is 4.79 Å². The first kappa shape index (κ1) is 8.08. The molecule has 0 amide bonds. The van der Waals surface area contributed by atoms with Crippen LogP contribution >= 0.6 is 0 Å². The number of nitrogens with zero attached hydrogens (tertiary/aromatic N) is 1. The van der Waals surface area contributed by atoms with Crippen LogP contribution in [0.1, 0.15) is 0 Å². The lowest BCUT2D eigenvalue weighted by Crippen LogP contribution is -1.80. The maximum atomic E-state index is 9.48. The third-order valence-corrected chi connectivity index (χ3v) is 0.691. The van der Waals surface area contributed by atoms with E-state index in [4.69, 9.17) is 4.74 Å². The Hall–Kier alpha value is -0.920. The highest BCUT2D eigenvalue weighted by Crippen LogP contribution is 1.74. The van der Waals surface area contributed by atoms with Crippen LogP contribution in [0.5, 0.6) is 0 Å². The fourth-order valence-electron chi connectivity index (χ4n) is 0.329. The molecule has 0 aliphatic carbocycles. The van der Waals surface area contributed by atoms with Gasteiger partial charge in [-0.3, -0.25) is 0 Å². The fourth-order valence-corrected chi connectivity index (χ4v) is 0.329. The van der Waals surface area contributed by atoms with E-state index in [1.54, 1.807) is 19.3 Å². The van der Waals surface area contributed by atoms with E-state index in [0.29, 0.717) is 13.2 Å². The van der Waals surface area contributed by atoms with Crippen molar-refractivity contribution in [3.05, 3.63) is 12.2 Å². The van der Waals surface area contributed by atoms with Crippen molar-refractivity contribution in [3.63, 3.8) is 0 Å². The van der Waals surface area contributed by atoms with Gasteiger partial charge in [0.25, 0.3) is 0 Å². The molecule has 0 radical (unpaired) electrons. The Labute approximate surface area is 54.0 Å². The molecule has 0 aliphatic heterocycles. The molecule has 0 saturated carbocycles. The Morgan fingerprint density at radius 1 is 1.67 bits per heavy atom. The number of ether oxygens (including phenoxy) is 1. The van der Waals surface area contributed by atoms with E-state index in [0.717, 1.165) is 0 Å². The summed E-state index contributed by atoms with van der Waals surface area (Å²) in [6.45, 7) is 0.960. The summed E-state index contributed by atoms with van der Waals surface area (Å²) in [4.78, 5) is 12.8. The van der Waals surface area contributed by atoms with Gasteiger partial charge >= 0.3 is 0 Å². The quantitative estimate of drug-likeness (QED) is 0.314. The molecule has 3 heteroatoms. The summed E-state index contributed by atoms with van der Waals surface area (Å²) < 4.78 is 4.70. The molecule has 0 aromatic rings. The summed E-state index contributed by atoms with van der Waals surface area (Å²) in [6.07, 6.45) is 4.96. The minimum Gasteiger partial charge on any atom is -0.381 e. The van der Waals surface area contributed by atoms with Crippen LogP contribution in [0.4, 0.5) is 0 Å². The van der Waals surface area contributed by atoms with E-state index >= 15 is 0 Å². The van der Waals surface area contributed by atoms with Gasteiger partial charge in [-0.1, -0.05) is 12.2 Å². The number of methoxy groups -OCH3 is 1.